The maximum Gasteiger partial charge on any atom is 0.433 e. The van der Waals surface area contributed by atoms with Crippen molar-refractivity contribution in [2.45, 2.75) is 20.3 Å². The van der Waals surface area contributed by atoms with E-state index < -0.39 is 6.09 Å². The van der Waals surface area contributed by atoms with Crippen LogP contribution in [0, 0.1) is 0 Å². The SMILES string of the molecule is CCCNC(=O)ON=C(C)C=Cc1ccc(OC)cc1. The first-order valence-corrected chi connectivity index (χ1v) is 6.47. The maximum atomic E-state index is 11.2. The van der Waals surface area contributed by atoms with Gasteiger partial charge < -0.3 is 10.1 Å². The van der Waals surface area contributed by atoms with Gasteiger partial charge in [0.1, 0.15) is 5.75 Å². The molecule has 0 spiro atoms. The molecule has 0 aliphatic heterocycles. The van der Waals surface area contributed by atoms with Crippen molar-refractivity contribution in [3.8, 4) is 5.75 Å². The van der Waals surface area contributed by atoms with Gasteiger partial charge in [-0.05, 0) is 37.1 Å². The molecular weight excluding hydrogens is 256 g/mol. The molecule has 0 bridgehead atoms. The number of allylic oxidation sites excluding steroid dienone is 1. The highest BCUT2D eigenvalue weighted by Gasteiger charge is 1.98. The van der Waals surface area contributed by atoms with Gasteiger partial charge in [0.2, 0.25) is 0 Å². The molecule has 0 fully saturated rings. The highest BCUT2D eigenvalue weighted by atomic mass is 16.7. The molecule has 1 rings (SSSR count). The van der Waals surface area contributed by atoms with Crippen LogP contribution in [0.1, 0.15) is 25.8 Å². The molecule has 0 unspecified atom stereocenters. The summed E-state index contributed by atoms with van der Waals surface area (Å²) >= 11 is 0. The van der Waals surface area contributed by atoms with E-state index in [1.807, 2.05) is 37.3 Å². The van der Waals surface area contributed by atoms with E-state index in [1.54, 1.807) is 20.1 Å². The second kappa shape index (κ2) is 8.74. The molecule has 0 saturated carbocycles. The summed E-state index contributed by atoms with van der Waals surface area (Å²) in [5.74, 6) is 0.809. The highest BCUT2D eigenvalue weighted by molar-refractivity contribution is 5.96. The van der Waals surface area contributed by atoms with Crippen molar-refractivity contribution in [1.29, 1.82) is 0 Å². The Kier molecular flexibility index (Phi) is 6.89. The Morgan fingerprint density at radius 3 is 2.65 bits per heavy atom. The molecule has 1 N–H and O–H groups in total. The Morgan fingerprint density at radius 1 is 1.35 bits per heavy atom. The number of rotatable bonds is 6. The van der Waals surface area contributed by atoms with Crippen LogP contribution in [0.4, 0.5) is 4.79 Å². The molecule has 20 heavy (non-hydrogen) atoms. The summed E-state index contributed by atoms with van der Waals surface area (Å²) in [6.07, 6.45) is 3.97. The van der Waals surface area contributed by atoms with Crippen molar-refractivity contribution < 1.29 is 14.4 Å². The van der Waals surface area contributed by atoms with Gasteiger partial charge in [-0.3, -0.25) is 4.84 Å². The number of methoxy groups -OCH3 is 1. The normalized spacial score (nSPS) is 11.4. The zero-order valence-electron chi connectivity index (χ0n) is 12.1. The summed E-state index contributed by atoms with van der Waals surface area (Å²) in [7, 11) is 1.63. The number of hydrogen-bond donors (Lipinski definition) is 1. The fourth-order valence-corrected chi connectivity index (χ4v) is 1.34. The van der Waals surface area contributed by atoms with E-state index in [1.165, 1.54) is 0 Å². The van der Waals surface area contributed by atoms with E-state index in [0.717, 1.165) is 17.7 Å². The molecule has 108 valence electrons. The summed E-state index contributed by atoms with van der Waals surface area (Å²) in [6.45, 7) is 4.30. The molecule has 0 aliphatic carbocycles. The van der Waals surface area contributed by atoms with E-state index in [-0.39, 0.29) is 0 Å². The van der Waals surface area contributed by atoms with Crippen LogP contribution in [0.5, 0.6) is 5.75 Å². The van der Waals surface area contributed by atoms with Gasteiger partial charge in [0, 0.05) is 6.54 Å². The molecule has 1 amide bonds. The number of ether oxygens (including phenoxy) is 1. The second-order valence-corrected chi connectivity index (χ2v) is 4.14. The number of nitrogens with zero attached hydrogens (tertiary/aromatic N) is 1. The van der Waals surface area contributed by atoms with E-state index in [0.29, 0.717) is 12.3 Å². The predicted molar refractivity (Wildman–Crippen MR) is 79.9 cm³/mol. The van der Waals surface area contributed by atoms with Gasteiger partial charge in [-0.25, -0.2) is 4.79 Å². The second-order valence-electron chi connectivity index (χ2n) is 4.14. The molecule has 0 aromatic heterocycles. The summed E-state index contributed by atoms with van der Waals surface area (Å²) in [6, 6.07) is 7.61. The third-order valence-corrected chi connectivity index (χ3v) is 2.42. The third kappa shape index (κ3) is 6.04. The van der Waals surface area contributed by atoms with Crippen LogP contribution >= 0.6 is 0 Å². The number of nitrogens with one attached hydrogen (secondary N) is 1. The molecule has 0 aliphatic rings. The third-order valence-electron chi connectivity index (χ3n) is 2.42. The van der Waals surface area contributed by atoms with Crippen LogP contribution < -0.4 is 10.1 Å². The van der Waals surface area contributed by atoms with Gasteiger partial charge in [0.05, 0.1) is 12.8 Å². The lowest BCUT2D eigenvalue weighted by molar-refractivity contribution is 0.151. The van der Waals surface area contributed by atoms with Gasteiger partial charge in [-0.1, -0.05) is 30.3 Å². The van der Waals surface area contributed by atoms with Gasteiger partial charge in [0.25, 0.3) is 0 Å². The highest BCUT2D eigenvalue weighted by Crippen LogP contribution is 2.12. The minimum atomic E-state index is -0.538. The number of carbonyl (C=O) groups excluding carboxylic acids is 1. The fourth-order valence-electron chi connectivity index (χ4n) is 1.34. The first kappa shape index (κ1) is 15.8. The first-order valence-electron chi connectivity index (χ1n) is 6.47. The molecule has 5 nitrogen and oxygen atoms in total. The van der Waals surface area contributed by atoms with Gasteiger partial charge >= 0.3 is 6.09 Å². The van der Waals surface area contributed by atoms with Crippen molar-refractivity contribution in [1.82, 2.24) is 5.32 Å². The Hall–Kier alpha value is -2.30. The van der Waals surface area contributed by atoms with E-state index in [4.69, 9.17) is 9.57 Å². The number of amides is 1. The van der Waals surface area contributed by atoms with Gasteiger partial charge in [-0.15, -0.1) is 0 Å². The number of oxime groups is 1. The van der Waals surface area contributed by atoms with Crippen LogP contribution in [-0.2, 0) is 4.84 Å². The molecule has 0 radical (unpaired) electrons. The molecule has 5 heteroatoms. The summed E-state index contributed by atoms with van der Waals surface area (Å²) < 4.78 is 5.08. The minimum absolute atomic E-state index is 0.538. The van der Waals surface area contributed by atoms with Crippen molar-refractivity contribution in [3.05, 3.63) is 35.9 Å². The van der Waals surface area contributed by atoms with Crippen LogP contribution in [0.15, 0.2) is 35.5 Å². The Bertz CT molecular complexity index is 478. The standard InChI is InChI=1S/C15H20N2O3/c1-4-11-16-15(18)20-17-12(2)5-6-13-7-9-14(19-3)10-8-13/h5-10H,4,11H2,1-3H3,(H,16,18). The van der Waals surface area contributed by atoms with Gasteiger partial charge in [-0.2, -0.15) is 0 Å². The average Bonchev–Trinajstić information content (AvgIpc) is 2.49. The number of carbonyl (C=O) groups is 1. The predicted octanol–water partition coefficient (Wildman–Crippen LogP) is 3.22. The largest absolute Gasteiger partial charge is 0.497 e. The lowest BCUT2D eigenvalue weighted by Gasteiger charge is -2.00. The fraction of sp³-hybridized carbons (Fsp3) is 0.333. The minimum Gasteiger partial charge on any atom is -0.497 e. The first-order chi connectivity index (χ1) is 9.65. The topological polar surface area (TPSA) is 59.9 Å². The van der Waals surface area contributed by atoms with Crippen LogP contribution in [0.2, 0.25) is 0 Å². The van der Waals surface area contributed by atoms with Gasteiger partial charge in [0.15, 0.2) is 0 Å². The Morgan fingerprint density at radius 2 is 2.05 bits per heavy atom. The number of benzene rings is 1. The molecular formula is C15H20N2O3. The van der Waals surface area contributed by atoms with Crippen molar-refractivity contribution in [2.24, 2.45) is 5.16 Å². The smallest absolute Gasteiger partial charge is 0.433 e. The monoisotopic (exact) mass is 276 g/mol. The molecule has 0 heterocycles. The molecule has 1 aromatic carbocycles. The zero-order valence-corrected chi connectivity index (χ0v) is 12.1. The van der Waals surface area contributed by atoms with Crippen LogP contribution in [-0.4, -0.2) is 25.5 Å². The quantitative estimate of drug-likeness (QED) is 0.493. The lowest BCUT2D eigenvalue weighted by Crippen LogP contribution is -2.23. The maximum absolute atomic E-state index is 11.2. The van der Waals surface area contributed by atoms with Crippen molar-refractivity contribution in [2.75, 3.05) is 13.7 Å². The van der Waals surface area contributed by atoms with Crippen molar-refractivity contribution >= 4 is 17.9 Å². The summed E-state index contributed by atoms with van der Waals surface area (Å²) in [5, 5.41) is 6.29. The number of hydrogen-bond acceptors (Lipinski definition) is 4. The zero-order chi connectivity index (χ0) is 14.8. The van der Waals surface area contributed by atoms with Crippen LogP contribution in [0.3, 0.4) is 0 Å². The summed E-state index contributed by atoms with van der Waals surface area (Å²) in [4.78, 5) is 15.9. The van der Waals surface area contributed by atoms with Crippen molar-refractivity contribution in [3.63, 3.8) is 0 Å². The molecule has 0 atom stereocenters. The van der Waals surface area contributed by atoms with Crippen LogP contribution in [0.25, 0.3) is 6.08 Å². The molecule has 1 aromatic rings. The summed E-state index contributed by atoms with van der Waals surface area (Å²) in [5.41, 5.74) is 1.61. The Balaban J connectivity index is 2.49. The van der Waals surface area contributed by atoms with E-state index in [9.17, 15) is 4.79 Å². The lowest BCUT2D eigenvalue weighted by atomic mass is 10.2. The van der Waals surface area contributed by atoms with E-state index >= 15 is 0 Å². The Labute approximate surface area is 119 Å². The van der Waals surface area contributed by atoms with E-state index in [2.05, 4.69) is 10.5 Å². The molecule has 0 saturated heterocycles. The average molecular weight is 276 g/mol.